The highest BCUT2D eigenvalue weighted by Gasteiger charge is 1.98. The van der Waals surface area contributed by atoms with Crippen molar-refractivity contribution in [2.45, 2.75) is 251 Å². The van der Waals surface area contributed by atoms with Crippen LogP contribution in [0.4, 0.5) is 0 Å². The van der Waals surface area contributed by atoms with Crippen molar-refractivity contribution in [2.75, 3.05) is 0 Å². The summed E-state index contributed by atoms with van der Waals surface area (Å²) < 4.78 is 0. The van der Waals surface area contributed by atoms with Gasteiger partial charge in [-0.1, -0.05) is 251 Å². The van der Waals surface area contributed by atoms with E-state index in [0.717, 1.165) is 0 Å². The minimum absolute atomic E-state index is 1.37. The van der Waals surface area contributed by atoms with Crippen LogP contribution in [-0.2, 0) is 0 Å². The summed E-state index contributed by atoms with van der Waals surface area (Å²) in [6.07, 6.45) is 55.0. The van der Waals surface area contributed by atoms with Crippen molar-refractivity contribution in [3.63, 3.8) is 0 Å². The summed E-state index contributed by atoms with van der Waals surface area (Å²) in [6.45, 7) is 4.53. The normalized spacial score (nSPS) is 20.8. The molecule has 10 aliphatic carbocycles. The Kier molecular flexibility index (Phi) is 38.0. The molecule has 0 bridgehead atoms. The van der Waals surface area contributed by atoms with E-state index in [4.69, 9.17) is 0 Å². The molecule has 0 nitrogen and oxygen atoms in total. The van der Waals surface area contributed by atoms with E-state index in [1.807, 2.05) is 0 Å². The Morgan fingerprint density at radius 3 is 0.359 bits per heavy atom. The molecular formula is C39H80. The van der Waals surface area contributed by atoms with Crippen molar-refractivity contribution in [3.8, 4) is 0 Å². The molecular weight excluding hydrogens is 468 g/mol. The molecule has 10 aliphatic rings. The minimum Gasteiger partial charge on any atom is -0.0654 e. The molecule has 0 aromatic heterocycles. The molecule has 0 spiro atoms. The number of hydrogen-bond acceptors (Lipinski definition) is 0. The minimum atomic E-state index is 1.37. The fraction of sp³-hybridized carbons (Fsp3) is 1.00. The van der Waals surface area contributed by atoms with Crippen molar-refractivity contribution in [3.05, 3.63) is 0 Å². The third kappa shape index (κ3) is 192. The summed E-state index contributed by atoms with van der Waals surface area (Å²) in [4.78, 5) is 0. The Morgan fingerprint density at radius 1 is 0.179 bits per heavy atom. The van der Waals surface area contributed by atoms with Gasteiger partial charge in [-0.3, -0.25) is 0 Å². The Bertz CT molecular complexity index is 232. The van der Waals surface area contributed by atoms with E-state index in [9.17, 15) is 0 Å². The predicted octanol–water partition coefficient (Wildman–Crippen LogP) is 15.5. The zero-order chi connectivity index (χ0) is 28.2. The molecule has 39 heavy (non-hydrogen) atoms. The molecule has 0 saturated heterocycles. The van der Waals surface area contributed by atoms with Crippen LogP contribution in [0, 0.1) is 0 Å². The van der Waals surface area contributed by atoms with Crippen LogP contribution in [0.2, 0.25) is 0 Å². The van der Waals surface area contributed by atoms with Crippen molar-refractivity contribution in [1.29, 1.82) is 0 Å². The summed E-state index contributed by atoms with van der Waals surface area (Å²) in [5.41, 5.74) is 0. The fourth-order valence-electron chi connectivity index (χ4n) is 1.03. The van der Waals surface area contributed by atoms with Crippen LogP contribution in [0.15, 0.2) is 0 Å². The van der Waals surface area contributed by atoms with Crippen LogP contribution in [0.25, 0.3) is 0 Å². The average molecular weight is 549 g/mol. The molecule has 0 aromatic carbocycles. The van der Waals surface area contributed by atoms with Gasteiger partial charge in [-0.25, -0.2) is 0 Å². The standard InChI is InChI=1S/C9H20.10C3H6/c1-3-5-7-9-8-6-4-2;10*1-2-3-1/h3-9H2,1-2H3;10*1-3H2. The highest BCUT2D eigenvalue weighted by Crippen LogP contribution is 2.17. The van der Waals surface area contributed by atoms with E-state index in [-0.39, 0.29) is 0 Å². The Balaban J connectivity index is 0.000000418. The second kappa shape index (κ2) is 38.0. The van der Waals surface area contributed by atoms with E-state index in [1.54, 1.807) is 0 Å². The first kappa shape index (κ1) is 39.0. The summed E-state index contributed by atoms with van der Waals surface area (Å²) >= 11 is 0. The number of unbranched alkanes of at least 4 members (excludes halogenated alkanes) is 6. The first-order valence-electron chi connectivity index (χ1n) is 19.4. The fourth-order valence-corrected chi connectivity index (χ4v) is 1.03. The Hall–Kier alpha value is 0. The second-order valence-corrected chi connectivity index (χ2v) is 13.4. The van der Waals surface area contributed by atoms with Crippen LogP contribution in [0.3, 0.4) is 0 Å². The van der Waals surface area contributed by atoms with Gasteiger partial charge in [0, 0.05) is 0 Å². The van der Waals surface area contributed by atoms with Gasteiger partial charge in [0.1, 0.15) is 0 Å². The summed E-state index contributed by atoms with van der Waals surface area (Å²) in [5.74, 6) is 0. The quantitative estimate of drug-likeness (QED) is 0.289. The SMILES string of the molecule is C1CC1.C1CC1.C1CC1.C1CC1.C1CC1.C1CC1.C1CC1.C1CC1.C1CC1.C1CC1.CCCCCCCCC. The van der Waals surface area contributed by atoms with Gasteiger partial charge in [0.2, 0.25) is 0 Å². The van der Waals surface area contributed by atoms with Crippen LogP contribution in [-0.4, -0.2) is 0 Å². The van der Waals surface area contributed by atoms with E-state index in [2.05, 4.69) is 13.8 Å². The van der Waals surface area contributed by atoms with Gasteiger partial charge >= 0.3 is 0 Å². The van der Waals surface area contributed by atoms with Crippen molar-refractivity contribution >= 4 is 0 Å². The van der Waals surface area contributed by atoms with E-state index in [1.165, 1.54) is 238 Å². The first-order chi connectivity index (χ1) is 19.4. The van der Waals surface area contributed by atoms with E-state index >= 15 is 0 Å². The molecule has 10 fully saturated rings. The lowest BCUT2D eigenvalue weighted by Crippen LogP contribution is -1.76. The highest BCUT2D eigenvalue weighted by molar-refractivity contribution is 4.53. The first-order valence-corrected chi connectivity index (χ1v) is 19.4. The van der Waals surface area contributed by atoms with Gasteiger partial charge in [-0.2, -0.15) is 0 Å². The van der Waals surface area contributed by atoms with Crippen molar-refractivity contribution < 1.29 is 0 Å². The molecule has 0 unspecified atom stereocenters. The zero-order valence-corrected chi connectivity index (χ0v) is 28.2. The maximum atomic E-state index is 2.26. The second-order valence-electron chi connectivity index (χ2n) is 13.4. The number of rotatable bonds is 6. The van der Waals surface area contributed by atoms with Gasteiger partial charge in [-0.05, 0) is 0 Å². The topological polar surface area (TPSA) is 0 Å². The molecule has 0 radical (unpaired) electrons. The molecule has 0 atom stereocenters. The van der Waals surface area contributed by atoms with Crippen LogP contribution in [0.5, 0.6) is 0 Å². The van der Waals surface area contributed by atoms with Gasteiger partial charge in [0.15, 0.2) is 0 Å². The molecule has 0 heterocycles. The smallest absolute Gasteiger partial charge is 0.0533 e. The van der Waals surface area contributed by atoms with Gasteiger partial charge in [-0.15, -0.1) is 0 Å². The highest BCUT2D eigenvalue weighted by atomic mass is 14.0. The number of hydrogen-bond donors (Lipinski definition) is 0. The molecule has 0 N–H and O–H groups in total. The van der Waals surface area contributed by atoms with Gasteiger partial charge in [0.05, 0.1) is 0 Å². The van der Waals surface area contributed by atoms with E-state index < -0.39 is 0 Å². The molecule has 10 saturated carbocycles. The summed E-state index contributed by atoms with van der Waals surface area (Å²) in [7, 11) is 0. The molecule has 0 heteroatoms. The Labute approximate surface area is 251 Å². The van der Waals surface area contributed by atoms with E-state index in [0.29, 0.717) is 0 Å². The molecule has 0 aliphatic heterocycles. The van der Waals surface area contributed by atoms with Crippen LogP contribution in [0.1, 0.15) is 251 Å². The molecule has 10 rings (SSSR count). The molecule has 236 valence electrons. The van der Waals surface area contributed by atoms with Gasteiger partial charge < -0.3 is 0 Å². The van der Waals surface area contributed by atoms with Crippen LogP contribution < -0.4 is 0 Å². The maximum absolute atomic E-state index is 2.26. The molecule has 0 amide bonds. The predicted molar refractivity (Wildman–Crippen MR) is 182 cm³/mol. The van der Waals surface area contributed by atoms with Crippen molar-refractivity contribution in [1.82, 2.24) is 0 Å². The lowest BCUT2D eigenvalue weighted by atomic mass is 10.1. The third-order valence-corrected chi connectivity index (χ3v) is 5.24. The zero-order valence-electron chi connectivity index (χ0n) is 28.2. The van der Waals surface area contributed by atoms with Gasteiger partial charge in [0.25, 0.3) is 0 Å². The summed E-state index contributed by atoms with van der Waals surface area (Å²) in [5, 5.41) is 0. The van der Waals surface area contributed by atoms with Crippen LogP contribution >= 0.6 is 0 Å². The maximum Gasteiger partial charge on any atom is -0.0533 e. The van der Waals surface area contributed by atoms with Crippen molar-refractivity contribution in [2.24, 2.45) is 0 Å². The third-order valence-electron chi connectivity index (χ3n) is 5.24. The average Bonchev–Trinajstić information content (AvgIpc) is 3.78. The summed E-state index contributed by atoms with van der Waals surface area (Å²) in [6, 6.07) is 0. The molecule has 0 aromatic rings. The lowest BCUT2D eigenvalue weighted by molar-refractivity contribution is 0.602. The monoisotopic (exact) mass is 549 g/mol. The largest absolute Gasteiger partial charge is 0.0654 e. The Morgan fingerprint density at radius 2 is 0.282 bits per heavy atom. The lowest BCUT2D eigenvalue weighted by Gasteiger charge is -1.96.